The molecule has 0 unspecified atom stereocenters. The molecular formula is C34H44FN3O6S. The van der Waals surface area contributed by atoms with Crippen molar-refractivity contribution in [3.8, 4) is 5.75 Å². The zero-order valence-corrected chi connectivity index (χ0v) is 27.3. The van der Waals surface area contributed by atoms with E-state index in [9.17, 15) is 17.6 Å². The van der Waals surface area contributed by atoms with Crippen molar-refractivity contribution in [3.05, 3.63) is 83.2 Å². The number of carbonyl (C=O) groups excluding carboxylic acids is 1. The molecule has 2 amide bonds. The lowest BCUT2D eigenvalue weighted by Crippen LogP contribution is -2.30. The summed E-state index contributed by atoms with van der Waals surface area (Å²) in [6, 6.07) is 16.1. The van der Waals surface area contributed by atoms with Gasteiger partial charge in [0, 0.05) is 57.7 Å². The third-order valence-corrected chi connectivity index (χ3v) is 8.68. The van der Waals surface area contributed by atoms with Gasteiger partial charge in [-0.1, -0.05) is 45.9 Å². The van der Waals surface area contributed by atoms with Crippen LogP contribution in [-0.4, -0.2) is 52.4 Å². The SMILES string of the molecule is CCCOCCCOCCCOc1ccc(NS(=O)(=O)c2ccc3c(c2)CN(C(=O)Nc2ccc(C(C)(C)C)cc2)C3)c(F)c1. The molecular weight excluding hydrogens is 597 g/mol. The van der Waals surface area contributed by atoms with Crippen LogP contribution in [0.1, 0.15) is 63.6 Å². The highest BCUT2D eigenvalue weighted by Crippen LogP contribution is 2.29. The molecule has 3 aromatic rings. The van der Waals surface area contributed by atoms with Crippen molar-refractivity contribution in [2.75, 3.05) is 43.1 Å². The highest BCUT2D eigenvalue weighted by molar-refractivity contribution is 7.92. The topological polar surface area (TPSA) is 106 Å². The van der Waals surface area contributed by atoms with Crippen LogP contribution in [0.25, 0.3) is 0 Å². The Morgan fingerprint density at radius 2 is 1.53 bits per heavy atom. The van der Waals surface area contributed by atoms with Gasteiger partial charge in [-0.3, -0.25) is 4.72 Å². The first-order chi connectivity index (χ1) is 21.5. The predicted molar refractivity (Wildman–Crippen MR) is 174 cm³/mol. The molecule has 9 nitrogen and oxygen atoms in total. The summed E-state index contributed by atoms with van der Waals surface area (Å²) in [5.74, 6) is -0.455. The fourth-order valence-corrected chi connectivity index (χ4v) is 5.89. The van der Waals surface area contributed by atoms with E-state index in [0.717, 1.165) is 36.6 Å². The quantitative estimate of drug-likeness (QED) is 0.172. The van der Waals surface area contributed by atoms with Gasteiger partial charge in [0.25, 0.3) is 10.0 Å². The summed E-state index contributed by atoms with van der Waals surface area (Å²) in [7, 11) is -4.09. The molecule has 45 heavy (non-hydrogen) atoms. The van der Waals surface area contributed by atoms with Gasteiger partial charge >= 0.3 is 6.03 Å². The number of rotatable bonds is 15. The van der Waals surface area contributed by atoms with Crippen molar-refractivity contribution in [3.63, 3.8) is 0 Å². The van der Waals surface area contributed by atoms with E-state index < -0.39 is 15.8 Å². The van der Waals surface area contributed by atoms with Crippen molar-refractivity contribution in [1.82, 2.24) is 4.90 Å². The lowest BCUT2D eigenvalue weighted by Gasteiger charge is -2.20. The number of benzene rings is 3. The first-order valence-corrected chi connectivity index (χ1v) is 16.8. The number of sulfonamides is 1. The second-order valence-corrected chi connectivity index (χ2v) is 13.8. The summed E-state index contributed by atoms with van der Waals surface area (Å²) >= 11 is 0. The molecule has 0 spiro atoms. The maximum atomic E-state index is 14.8. The van der Waals surface area contributed by atoms with Crippen molar-refractivity contribution in [1.29, 1.82) is 0 Å². The van der Waals surface area contributed by atoms with Crippen molar-refractivity contribution in [2.24, 2.45) is 0 Å². The third-order valence-electron chi connectivity index (χ3n) is 7.31. The molecule has 244 valence electrons. The minimum atomic E-state index is -4.09. The number of anilines is 2. The zero-order valence-electron chi connectivity index (χ0n) is 26.5. The van der Waals surface area contributed by atoms with E-state index in [-0.39, 0.29) is 28.6 Å². The standard InChI is InChI=1S/C34H44FN3O6S/c1-5-16-42-17-6-18-43-19-7-20-44-29-13-15-32(31(35)22-29)37-45(40,41)30-14-8-25-23-38(24-26(25)21-30)33(39)36-28-11-9-27(10-12-28)34(2,3)4/h8-15,21-22,37H,5-7,16-20,23-24H2,1-4H3,(H,36,39). The van der Waals surface area contributed by atoms with Gasteiger partial charge in [-0.2, -0.15) is 0 Å². The Morgan fingerprint density at radius 3 is 2.20 bits per heavy atom. The largest absolute Gasteiger partial charge is 0.493 e. The molecule has 11 heteroatoms. The molecule has 0 bridgehead atoms. The van der Waals surface area contributed by atoms with Gasteiger partial charge in [-0.15, -0.1) is 0 Å². The van der Waals surface area contributed by atoms with Crippen LogP contribution < -0.4 is 14.8 Å². The van der Waals surface area contributed by atoms with E-state index in [4.69, 9.17) is 14.2 Å². The van der Waals surface area contributed by atoms with Crippen LogP contribution in [0.4, 0.5) is 20.6 Å². The third kappa shape index (κ3) is 9.91. The number of amides is 2. The predicted octanol–water partition coefficient (Wildman–Crippen LogP) is 7.07. The zero-order chi connectivity index (χ0) is 32.5. The Bertz CT molecular complexity index is 1540. The van der Waals surface area contributed by atoms with Gasteiger partial charge in [0.2, 0.25) is 0 Å². The molecule has 1 aliphatic rings. The summed E-state index contributed by atoms with van der Waals surface area (Å²) in [6.07, 6.45) is 2.46. The highest BCUT2D eigenvalue weighted by Gasteiger charge is 2.26. The van der Waals surface area contributed by atoms with E-state index in [1.54, 1.807) is 11.0 Å². The Labute approximate surface area is 266 Å². The second kappa shape index (κ2) is 15.6. The molecule has 0 saturated carbocycles. The van der Waals surface area contributed by atoms with Crippen LogP contribution in [0.15, 0.2) is 65.6 Å². The van der Waals surface area contributed by atoms with Crippen LogP contribution in [0.3, 0.4) is 0 Å². The normalized spacial score (nSPS) is 13.0. The van der Waals surface area contributed by atoms with Crippen molar-refractivity contribution in [2.45, 2.75) is 70.4 Å². The molecule has 0 aliphatic carbocycles. The summed E-state index contributed by atoms with van der Waals surface area (Å²) in [4.78, 5) is 14.5. The van der Waals surface area contributed by atoms with E-state index in [1.807, 2.05) is 24.3 Å². The number of hydrogen-bond acceptors (Lipinski definition) is 6. The Hall–Kier alpha value is -3.67. The number of hydrogen-bond donors (Lipinski definition) is 2. The molecule has 0 saturated heterocycles. The summed E-state index contributed by atoms with van der Waals surface area (Å²) in [5, 5.41) is 2.91. The van der Waals surface area contributed by atoms with Gasteiger partial charge in [0.1, 0.15) is 5.75 Å². The summed E-state index contributed by atoms with van der Waals surface area (Å²) < 4.78 is 60.0. The Kier molecular flexibility index (Phi) is 11.8. The summed E-state index contributed by atoms with van der Waals surface area (Å²) in [5.41, 5.74) is 3.24. The fourth-order valence-electron chi connectivity index (χ4n) is 4.77. The molecule has 2 N–H and O–H groups in total. The first-order valence-electron chi connectivity index (χ1n) is 15.3. The van der Waals surface area contributed by atoms with Gasteiger partial charge in [0.15, 0.2) is 5.82 Å². The minimum absolute atomic E-state index is 0.00920. The number of urea groups is 1. The molecule has 4 rings (SSSR count). The van der Waals surface area contributed by atoms with Crippen molar-refractivity contribution >= 4 is 27.4 Å². The highest BCUT2D eigenvalue weighted by atomic mass is 32.2. The maximum absolute atomic E-state index is 14.8. The van der Waals surface area contributed by atoms with Crippen LogP contribution in [-0.2, 0) is 38.0 Å². The minimum Gasteiger partial charge on any atom is -0.493 e. The van der Waals surface area contributed by atoms with Crippen molar-refractivity contribution < 1.29 is 31.8 Å². The number of fused-ring (bicyclic) bond motifs is 1. The van der Waals surface area contributed by atoms with E-state index in [1.165, 1.54) is 24.3 Å². The van der Waals surface area contributed by atoms with E-state index in [2.05, 4.69) is 37.7 Å². The van der Waals surface area contributed by atoms with Gasteiger partial charge in [-0.25, -0.2) is 17.6 Å². The summed E-state index contributed by atoms with van der Waals surface area (Å²) in [6.45, 7) is 11.9. The van der Waals surface area contributed by atoms with E-state index >= 15 is 0 Å². The van der Waals surface area contributed by atoms with Crippen LogP contribution in [0, 0.1) is 5.82 Å². The average molecular weight is 642 g/mol. The molecule has 0 radical (unpaired) electrons. The fraction of sp³-hybridized carbons (Fsp3) is 0.441. The van der Waals surface area contributed by atoms with Gasteiger partial charge in [-0.05, 0) is 71.3 Å². The molecule has 0 aromatic heterocycles. The Morgan fingerprint density at radius 1 is 0.867 bits per heavy atom. The number of ether oxygens (including phenoxy) is 3. The van der Waals surface area contributed by atoms with E-state index in [0.29, 0.717) is 56.4 Å². The van der Waals surface area contributed by atoms with Crippen LogP contribution >= 0.6 is 0 Å². The lowest BCUT2D eigenvalue weighted by atomic mass is 9.87. The molecule has 3 aromatic carbocycles. The molecule has 0 fully saturated rings. The molecule has 1 aliphatic heterocycles. The van der Waals surface area contributed by atoms with Gasteiger partial charge < -0.3 is 24.4 Å². The number of nitrogens with zero attached hydrogens (tertiary/aromatic N) is 1. The second-order valence-electron chi connectivity index (χ2n) is 12.1. The lowest BCUT2D eigenvalue weighted by molar-refractivity contribution is 0.0777. The number of nitrogens with one attached hydrogen (secondary N) is 2. The Balaban J connectivity index is 1.26. The van der Waals surface area contributed by atoms with Crippen LogP contribution in [0.5, 0.6) is 5.75 Å². The first kappa shape index (κ1) is 34.2. The average Bonchev–Trinajstić information content (AvgIpc) is 3.43. The smallest absolute Gasteiger partial charge is 0.322 e. The number of halogens is 1. The number of carbonyl (C=O) groups is 1. The monoisotopic (exact) mass is 641 g/mol. The maximum Gasteiger partial charge on any atom is 0.322 e. The molecule has 1 heterocycles. The van der Waals surface area contributed by atoms with Crippen LogP contribution in [0.2, 0.25) is 0 Å². The van der Waals surface area contributed by atoms with Gasteiger partial charge in [0.05, 0.1) is 17.2 Å². The molecule has 0 atom stereocenters.